The summed E-state index contributed by atoms with van der Waals surface area (Å²) < 4.78 is 2.18. The van der Waals surface area contributed by atoms with E-state index in [-0.39, 0.29) is 0 Å². The maximum absolute atomic E-state index is 4.71. The van der Waals surface area contributed by atoms with Crippen molar-refractivity contribution in [2.75, 3.05) is 0 Å². The molecule has 2 nitrogen and oxygen atoms in total. The lowest BCUT2D eigenvalue weighted by Gasteiger charge is -2.20. The molecule has 0 spiro atoms. The van der Waals surface area contributed by atoms with E-state index in [2.05, 4.69) is 78.1 Å². The molecule has 0 aliphatic carbocycles. The first-order valence-electron chi connectivity index (χ1n) is 6.69. The van der Waals surface area contributed by atoms with E-state index in [1.807, 2.05) is 6.92 Å². The molecule has 0 bridgehead atoms. The van der Waals surface area contributed by atoms with E-state index >= 15 is 0 Å². The summed E-state index contributed by atoms with van der Waals surface area (Å²) in [4.78, 5) is 0. The number of hydrogen-bond acceptors (Lipinski definition) is 1. The minimum atomic E-state index is -0.640. The predicted molar refractivity (Wildman–Crippen MR) is 86.2 cm³/mol. The van der Waals surface area contributed by atoms with Gasteiger partial charge in [-0.1, -0.05) is 60.7 Å². The molecule has 0 saturated carbocycles. The highest BCUT2D eigenvalue weighted by Crippen LogP contribution is 2.36. The van der Waals surface area contributed by atoms with E-state index in [0.717, 1.165) is 5.69 Å². The van der Waals surface area contributed by atoms with E-state index < -0.39 is 8.07 Å². The Kier molecular flexibility index (Phi) is 3.66. The van der Waals surface area contributed by atoms with Crippen LogP contribution in [0.4, 0.5) is 0 Å². The molecule has 3 heteroatoms. The van der Waals surface area contributed by atoms with Gasteiger partial charge in [-0.3, -0.25) is 0 Å². The van der Waals surface area contributed by atoms with Crippen molar-refractivity contribution in [1.29, 1.82) is 0 Å². The lowest BCUT2D eigenvalue weighted by molar-refractivity contribution is 0.936. The van der Waals surface area contributed by atoms with Gasteiger partial charge in [-0.05, 0) is 19.9 Å². The number of nitrogens with zero attached hydrogens (tertiary/aromatic N) is 2. The maximum Gasteiger partial charge on any atom is 0.0801 e. The maximum atomic E-state index is 4.71. The first-order chi connectivity index (χ1) is 9.75. The van der Waals surface area contributed by atoms with E-state index in [1.165, 1.54) is 16.3 Å². The molecule has 1 aromatic heterocycles. The molecule has 0 N–H and O–H groups in total. The Morgan fingerprint density at radius 1 is 0.800 bits per heavy atom. The van der Waals surface area contributed by atoms with Gasteiger partial charge in [0.05, 0.1) is 13.8 Å². The average molecular weight is 280 g/mol. The Hall–Kier alpha value is -1.92. The summed E-state index contributed by atoms with van der Waals surface area (Å²) in [6, 6.07) is 23.4. The Bertz CT molecular complexity index is 650. The van der Waals surface area contributed by atoms with Crippen LogP contribution in [-0.4, -0.2) is 9.55 Å². The largest absolute Gasteiger partial charge is 0.240 e. The SMILES string of the molecule is Cc1cc(C)n(P(c2ccccc2)c2ccccc2)n1. The molecule has 3 aromatic rings. The average Bonchev–Trinajstić information content (AvgIpc) is 2.80. The van der Waals surface area contributed by atoms with Crippen LogP contribution in [0.1, 0.15) is 11.4 Å². The molecular weight excluding hydrogens is 263 g/mol. The van der Waals surface area contributed by atoms with Crippen LogP contribution in [0.5, 0.6) is 0 Å². The normalized spacial score (nSPS) is 10.9. The summed E-state index contributed by atoms with van der Waals surface area (Å²) in [6.45, 7) is 4.17. The van der Waals surface area contributed by atoms with Gasteiger partial charge in [-0.25, -0.2) is 4.45 Å². The minimum absolute atomic E-state index is 0.640. The van der Waals surface area contributed by atoms with Crippen molar-refractivity contribution in [1.82, 2.24) is 9.55 Å². The lowest BCUT2D eigenvalue weighted by Crippen LogP contribution is -2.18. The molecule has 0 saturated heterocycles. The monoisotopic (exact) mass is 280 g/mol. The van der Waals surface area contributed by atoms with Crippen LogP contribution < -0.4 is 10.6 Å². The molecule has 0 atom stereocenters. The Morgan fingerprint density at radius 2 is 1.30 bits per heavy atom. The number of benzene rings is 2. The van der Waals surface area contributed by atoms with Gasteiger partial charge in [0.1, 0.15) is 0 Å². The molecular formula is C17H17N2P. The molecule has 0 fully saturated rings. The van der Waals surface area contributed by atoms with Gasteiger partial charge in [-0.15, -0.1) is 0 Å². The quantitative estimate of drug-likeness (QED) is 0.672. The summed E-state index contributed by atoms with van der Waals surface area (Å²) in [5.41, 5.74) is 2.28. The van der Waals surface area contributed by atoms with Crippen molar-refractivity contribution in [3.8, 4) is 0 Å². The van der Waals surface area contributed by atoms with Crippen LogP contribution in [0, 0.1) is 13.8 Å². The minimum Gasteiger partial charge on any atom is -0.240 e. The van der Waals surface area contributed by atoms with Crippen molar-refractivity contribution in [3.63, 3.8) is 0 Å². The van der Waals surface area contributed by atoms with Gasteiger partial charge >= 0.3 is 0 Å². The highest BCUT2D eigenvalue weighted by molar-refractivity contribution is 7.71. The number of hydrogen-bond donors (Lipinski definition) is 0. The number of aromatic nitrogens is 2. The van der Waals surface area contributed by atoms with Gasteiger partial charge in [-0.2, -0.15) is 5.10 Å². The van der Waals surface area contributed by atoms with Crippen molar-refractivity contribution < 1.29 is 0 Å². The van der Waals surface area contributed by atoms with E-state index in [9.17, 15) is 0 Å². The zero-order chi connectivity index (χ0) is 13.9. The van der Waals surface area contributed by atoms with Gasteiger partial charge in [0.15, 0.2) is 0 Å². The third-order valence-electron chi connectivity index (χ3n) is 3.18. The molecule has 0 unspecified atom stereocenters. The van der Waals surface area contributed by atoms with Crippen LogP contribution in [0.25, 0.3) is 0 Å². The fourth-order valence-electron chi connectivity index (χ4n) is 2.33. The zero-order valence-electron chi connectivity index (χ0n) is 11.7. The third kappa shape index (κ3) is 2.52. The van der Waals surface area contributed by atoms with Crippen molar-refractivity contribution in [3.05, 3.63) is 78.1 Å². The molecule has 3 rings (SSSR count). The van der Waals surface area contributed by atoms with Crippen molar-refractivity contribution >= 4 is 18.7 Å². The van der Waals surface area contributed by atoms with E-state index in [0.29, 0.717) is 0 Å². The zero-order valence-corrected chi connectivity index (χ0v) is 12.6. The van der Waals surface area contributed by atoms with Crippen LogP contribution in [0.3, 0.4) is 0 Å². The predicted octanol–water partition coefficient (Wildman–Crippen LogP) is 3.40. The summed E-state index contributed by atoms with van der Waals surface area (Å²) in [5, 5.41) is 7.35. The number of rotatable bonds is 3. The topological polar surface area (TPSA) is 17.8 Å². The Balaban J connectivity index is 2.16. The molecule has 0 amide bonds. The summed E-state index contributed by atoms with van der Waals surface area (Å²) in [7, 11) is -0.640. The molecule has 1 heterocycles. The fourth-order valence-corrected chi connectivity index (χ4v) is 4.57. The summed E-state index contributed by atoms with van der Waals surface area (Å²) in [6.07, 6.45) is 0. The Morgan fingerprint density at radius 3 is 1.70 bits per heavy atom. The first-order valence-corrected chi connectivity index (χ1v) is 7.99. The molecule has 0 aliphatic rings. The molecule has 100 valence electrons. The van der Waals surface area contributed by atoms with Crippen LogP contribution in [0.15, 0.2) is 66.7 Å². The highest BCUT2D eigenvalue weighted by atomic mass is 31.1. The van der Waals surface area contributed by atoms with Gasteiger partial charge in [0.25, 0.3) is 0 Å². The first kappa shape index (κ1) is 13.1. The molecule has 20 heavy (non-hydrogen) atoms. The standard InChI is InChI=1S/C17H17N2P/c1-14-13-15(2)19(18-14)20(16-9-5-3-6-10-16)17-11-7-4-8-12-17/h3-13H,1-2H3. The third-order valence-corrected chi connectivity index (χ3v) is 5.54. The highest BCUT2D eigenvalue weighted by Gasteiger charge is 2.18. The van der Waals surface area contributed by atoms with E-state index in [1.54, 1.807) is 0 Å². The van der Waals surface area contributed by atoms with Gasteiger partial charge in [0, 0.05) is 16.3 Å². The van der Waals surface area contributed by atoms with E-state index in [4.69, 9.17) is 5.10 Å². The summed E-state index contributed by atoms with van der Waals surface area (Å²) in [5.74, 6) is 0. The molecule has 2 aromatic carbocycles. The fraction of sp³-hybridized carbons (Fsp3) is 0.118. The van der Waals surface area contributed by atoms with Gasteiger partial charge in [0.2, 0.25) is 0 Å². The second kappa shape index (κ2) is 5.60. The second-order valence-electron chi connectivity index (χ2n) is 4.80. The molecule has 0 aliphatic heterocycles. The molecule has 0 radical (unpaired) electrons. The smallest absolute Gasteiger partial charge is 0.0801 e. The number of aryl methyl sites for hydroxylation is 2. The van der Waals surface area contributed by atoms with Crippen LogP contribution in [-0.2, 0) is 0 Å². The van der Waals surface area contributed by atoms with Crippen LogP contribution >= 0.6 is 8.07 Å². The van der Waals surface area contributed by atoms with Crippen molar-refractivity contribution in [2.24, 2.45) is 0 Å². The Labute approximate surface area is 120 Å². The summed E-state index contributed by atoms with van der Waals surface area (Å²) >= 11 is 0. The lowest BCUT2D eigenvalue weighted by atomic mass is 10.4. The second-order valence-corrected chi connectivity index (χ2v) is 6.83. The van der Waals surface area contributed by atoms with Gasteiger partial charge < -0.3 is 0 Å². The van der Waals surface area contributed by atoms with Crippen molar-refractivity contribution in [2.45, 2.75) is 13.8 Å². The van der Waals surface area contributed by atoms with Crippen LogP contribution in [0.2, 0.25) is 0 Å².